The van der Waals surface area contributed by atoms with Gasteiger partial charge in [0, 0.05) is 16.7 Å². The van der Waals surface area contributed by atoms with E-state index in [9.17, 15) is 0 Å². The van der Waals surface area contributed by atoms with Crippen molar-refractivity contribution in [2.45, 2.75) is 0 Å². The summed E-state index contributed by atoms with van der Waals surface area (Å²) >= 11 is 0. The summed E-state index contributed by atoms with van der Waals surface area (Å²) in [5, 5.41) is 2.65. The van der Waals surface area contributed by atoms with Crippen LogP contribution < -0.4 is 0 Å². The molecule has 0 radical (unpaired) electrons. The zero-order chi connectivity index (χ0) is 38.4. The molecule has 1 aliphatic rings. The number of nitrogens with zero attached hydrogens (tertiary/aromatic N) is 2. The largest absolute Gasteiger partial charge is 0.228 e. The summed E-state index contributed by atoms with van der Waals surface area (Å²) in [4.78, 5) is 10.2. The summed E-state index contributed by atoms with van der Waals surface area (Å²) in [7, 11) is 0. The lowest BCUT2D eigenvalue weighted by molar-refractivity contribution is 1.18. The molecule has 0 bridgehead atoms. The fourth-order valence-corrected chi connectivity index (χ4v) is 8.62. The van der Waals surface area contributed by atoms with Gasteiger partial charge in [-0.05, 0) is 83.6 Å². The first-order chi connectivity index (χ1) is 28.7. The number of aromatic nitrogens is 2. The van der Waals surface area contributed by atoms with Crippen molar-refractivity contribution in [2.24, 2.45) is 0 Å². The monoisotopic (exact) mass is 736 g/mol. The van der Waals surface area contributed by atoms with Gasteiger partial charge in [0.15, 0.2) is 5.82 Å². The van der Waals surface area contributed by atoms with E-state index in [0.29, 0.717) is 5.82 Å². The van der Waals surface area contributed by atoms with E-state index in [2.05, 4.69) is 194 Å². The smallest absolute Gasteiger partial charge is 0.160 e. The molecule has 0 spiro atoms. The van der Waals surface area contributed by atoms with Gasteiger partial charge in [0.1, 0.15) is 0 Å². The van der Waals surface area contributed by atoms with Crippen molar-refractivity contribution in [3.8, 4) is 101 Å². The quantitative estimate of drug-likeness (QED) is 0.163. The predicted octanol–water partition coefficient (Wildman–Crippen LogP) is 14.9. The van der Waals surface area contributed by atoms with Crippen LogP contribution in [-0.2, 0) is 0 Å². The Labute approximate surface area is 338 Å². The van der Waals surface area contributed by atoms with E-state index in [4.69, 9.17) is 9.97 Å². The van der Waals surface area contributed by atoms with Gasteiger partial charge < -0.3 is 0 Å². The summed E-state index contributed by atoms with van der Waals surface area (Å²) in [6, 6.07) is 78.1. The van der Waals surface area contributed by atoms with E-state index in [0.717, 1.165) is 33.6 Å². The molecule has 0 aliphatic heterocycles. The van der Waals surface area contributed by atoms with Gasteiger partial charge in [-0.2, -0.15) is 0 Å². The minimum absolute atomic E-state index is 0.709. The van der Waals surface area contributed by atoms with Gasteiger partial charge in [-0.1, -0.05) is 212 Å². The van der Waals surface area contributed by atoms with Crippen molar-refractivity contribution in [3.05, 3.63) is 218 Å². The Kier molecular flexibility index (Phi) is 8.19. The van der Waals surface area contributed by atoms with Crippen molar-refractivity contribution < 1.29 is 0 Å². The molecule has 0 N–H and O–H groups in total. The van der Waals surface area contributed by atoms with E-state index in [-0.39, 0.29) is 0 Å². The zero-order valence-corrected chi connectivity index (χ0v) is 31.7. The van der Waals surface area contributed by atoms with Gasteiger partial charge in [0.05, 0.1) is 11.4 Å². The third-order valence-electron chi connectivity index (χ3n) is 11.5. The molecule has 9 aromatic carbocycles. The van der Waals surface area contributed by atoms with Gasteiger partial charge in [-0.15, -0.1) is 0 Å². The topological polar surface area (TPSA) is 25.8 Å². The fourth-order valence-electron chi connectivity index (χ4n) is 8.62. The standard InChI is InChI=1S/C56H36N2/c1-3-12-37(13-4-1)38-22-30-42(31-23-38)53-36-54(58-56(57-53)44-14-5-2-6-15-44)43-32-28-40(29-33-43)46-17-8-7-16-45(46)39-24-26-41(27-25-39)47-34-35-52-49-19-10-9-18-48(49)51-21-11-20-50(47)55(51)52/h1-36H. The summed E-state index contributed by atoms with van der Waals surface area (Å²) < 4.78 is 0. The number of hydrogen-bond donors (Lipinski definition) is 0. The molecule has 58 heavy (non-hydrogen) atoms. The summed E-state index contributed by atoms with van der Waals surface area (Å²) in [6.45, 7) is 0. The highest BCUT2D eigenvalue weighted by atomic mass is 14.9. The van der Waals surface area contributed by atoms with Crippen LogP contribution in [0.15, 0.2) is 218 Å². The number of rotatable bonds is 7. The van der Waals surface area contributed by atoms with Crippen LogP contribution in [-0.4, -0.2) is 9.97 Å². The van der Waals surface area contributed by atoms with Crippen LogP contribution >= 0.6 is 0 Å². The zero-order valence-electron chi connectivity index (χ0n) is 31.7. The molecule has 2 heteroatoms. The average Bonchev–Trinajstić information content (AvgIpc) is 3.64. The van der Waals surface area contributed by atoms with E-state index in [1.165, 1.54) is 72.0 Å². The predicted molar refractivity (Wildman–Crippen MR) is 242 cm³/mol. The molecule has 0 unspecified atom stereocenters. The Balaban J connectivity index is 0.915. The van der Waals surface area contributed by atoms with E-state index in [1.54, 1.807) is 0 Å². The summed E-state index contributed by atoms with van der Waals surface area (Å²) in [5.41, 5.74) is 19.8. The number of benzene rings is 9. The van der Waals surface area contributed by atoms with Gasteiger partial charge >= 0.3 is 0 Å². The molecule has 11 rings (SSSR count). The molecule has 0 fully saturated rings. The van der Waals surface area contributed by atoms with Crippen LogP contribution in [0.1, 0.15) is 0 Å². The number of hydrogen-bond acceptors (Lipinski definition) is 2. The van der Waals surface area contributed by atoms with E-state index < -0.39 is 0 Å². The molecule has 2 nitrogen and oxygen atoms in total. The molecule has 1 aromatic heterocycles. The summed E-state index contributed by atoms with van der Waals surface area (Å²) in [6.07, 6.45) is 0. The summed E-state index contributed by atoms with van der Waals surface area (Å²) in [5.74, 6) is 0.709. The second-order valence-corrected chi connectivity index (χ2v) is 14.9. The molecule has 0 atom stereocenters. The maximum atomic E-state index is 5.10. The molecular weight excluding hydrogens is 701 g/mol. The van der Waals surface area contributed by atoms with Crippen molar-refractivity contribution in [1.29, 1.82) is 0 Å². The molecular formula is C56H36N2. The lowest BCUT2D eigenvalue weighted by Gasteiger charge is -2.13. The molecule has 270 valence electrons. The van der Waals surface area contributed by atoms with Crippen molar-refractivity contribution in [3.63, 3.8) is 0 Å². The Morgan fingerprint density at radius 1 is 0.224 bits per heavy atom. The normalized spacial score (nSPS) is 11.4. The second kappa shape index (κ2) is 14.1. The molecule has 0 amide bonds. The Morgan fingerprint density at radius 3 is 1.16 bits per heavy atom. The lowest BCUT2D eigenvalue weighted by atomic mass is 9.91. The van der Waals surface area contributed by atoms with Crippen LogP contribution in [0.25, 0.3) is 111 Å². The van der Waals surface area contributed by atoms with Gasteiger partial charge in [-0.25, -0.2) is 9.97 Å². The highest BCUT2D eigenvalue weighted by Gasteiger charge is 2.22. The van der Waals surface area contributed by atoms with Gasteiger partial charge in [-0.3, -0.25) is 0 Å². The van der Waals surface area contributed by atoms with Crippen LogP contribution in [0.4, 0.5) is 0 Å². The second-order valence-electron chi connectivity index (χ2n) is 14.9. The molecule has 0 saturated heterocycles. The maximum absolute atomic E-state index is 5.10. The Hall–Kier alpha value is -7.68. The molecule has 10 aromatic rings. The Bertz CT molecular complexity index is 3080. The van der Waals surface area contributed by atoms with Crippen LogP contribution in [0.2, 0.25) is 0 Å². The number of fused-ring (bicyclic) bond motifs is 3. The SMILES string of the molecule is c1ccc(-c2ccc(-c3cc(-c4ccc(-c5ccccc5-c5ccc(-c6ccc7c8c(cccc68)-c6ccccc6-7)cc5)cc4)nc(-c4ccccc4)n3)cc2)cc1. The third kappa shape index (κ3) is 5.91. The van der Waals surface area contributed by atoms with Crippen molar-refractivity contribution >= 4 is 10.8 Å². The maximum Gasteiger partial charge on any atom is 0.160 e. The average molecular weight is 737 g/mol. The first-order valence-electron chi connectivity index (χ1n) is 19.8. The minimum Gasteiger partial charge on any atom is -0.228 e. The Morgan fingerprint density at radius 2 is 0.603 bits per heavy atom. The molecule has 1 heterocycles. The first-order valence-corrected chi connectivity index (χ1v) is 19.8. The van der Waals surface area contributed by atoms with Crippen LogP contribution in [0, 0.1) is 0 Å². The van der Waals surface area contributed by atoms with Crippen LogP contribution in [0.5, 0.6) is 0 Å². The highest BCUT2D eigenvalue weighted by molar-refractivity contribution is 6.18. The molecule has 0 saturated carbocycles. The lowest BCUT2D eigenvalue weighted by Crippen LogP contribution is -1.96. The van der Waals surface area contributed by atoms with Gasteiger partial charge in [0.2, 0.25) is 0 Å². The van der Waals surface area contributed by atoms with Crippen molar-refractivity contribution in [2.75, 3.05) is 0 Å². The van der Waals surface area contributed by atoms with Gasteiger partial charge in [0.25, 0.3) is 0 Å². The van der Waals surface area contributed by atoms with Crippen molar-refractivity contribution in [1.82, 2.24) is 9.97 Å². The third-order valence-corrected chi connectivity index (χ3v) is 11.5. The minimum atomic E-state index is 0.709. The highest BCUT2D eigenvalue weighted by Crippen LogP contribution is 2.49. The van der Waals surface area contributed by atoms with Crippen LogP contribution in [0.3, 0.4) is 0 Å². The first kappa shape index (κ1) is 33.6. The van der Waals surface area contributed by atoms with E-state index in [1.807, 2.05) is 24.3 Å². The molecule has 1 aliphatic carbocycles. The fraction of sp³-hybridized carbons (Fsp3) is 0. The van der Waals surface area contributed by atoms with E-state index >= 15 is 0 Å².